The summed E-state index contributed by atoms with van der Waals surface area (Å²) in [6.45, 7) is 0.680. The minimum atomic E-state index is -3.81. The lowest BCUT2D eigenvalue weighted by Gasteiger charge is -2.33. The lowest BCUT2D eigenvalue weighted by atomic mass is 9.82. The number of sulfonamides is 1. The molecule has 5 N–H and O–H groups in total. The molecule has 0 unspecified atom stereocenters. The monoisotopic (exact) mass is 630 g/mol. The van der Waals surface area contributed by atoms with Crippen LogP contribution in [0.15, 0.2) is 30.3 Å². The van der Waals surface area contributed by atoms with Gasteiger partial charge in [-0.1, -0.05) is 62.4 Å². The molecule has 1 aliphatic rings. The highest BCUT2D eigenvalue weighted by molar-refractivity contribution is 7.89. The van der Waals surface area contributed by atoms with Gasteiger partial charge >= 0.3 is 0 Å². The van der Waals surface area contributed by atoms with Crippen LogP contribution < -0.4 is 16.0 Å². The molecule has 5 atom stereocenters. The van der Waals surface area contributed by atoms with E-state index in [1.165, 1.54) is 11.4 Å². The first kappa shape index (κ1) is 37.3. The zero-order valence-corrected chi connectivity index (χ0v) is 26.9. The number of nitrogens with one attached hydrogen (secondary N) is 3. The van der Waals surface area contributed by atoms with Gasteiger partial charge in [0.1, 0.15) is 12.1 Å². The van der Waals surface area contributed by atoms with Gasteiger partial charge in [0.05, 0.1) is 23.8 Å². The Labute approximate surface area is 263 Å². The Morgan fingerprint density at radius 2 is 1.73 bits per heavy atom. The quantitative estimate of drug-likeness (QED) is 0.145. The van der Waals surface area contributed by atoms with Crippen LogP contribution in [0.25, 0.3) is 0 Å². The van der Waals surface area contributed by atoms with E-state index in [-0.39, 0.29) is 38.1 Å². The molecule has 244 valence electrons. The molecule has 44 heavy (non-hydrogen) atoms. The highest BCUT2D eigenvalue weighted by Crippen LogP contribution is 2.29. The maximum Gasteiger partial charge on any atom is 0.243 e. The van der Waals surface area contributed by atoms with E-state index in [1.54, 1.807) is 7.05 Å². The Morgan fingerprint density at radius 3 is 2.34 bits per heavy atom. The molecule has 1 aliphatic carbocycles. The number of likely N-dealkylation sites (N-methyl/N-ethyl adjacent to an activating group) is 2. The highest BCUT2D eigenvalue weighted by Gasteiger charge is 2.34. The second-order valence-corrected chi connectivity index (χ2v) is 13.8. The highest BCUT2D eigenvalue weighted by atomic mass is 32.2. The van der Waals surface area contributed by atoms with Crippen molar-refractivity contribution in [1.82, 2.24) is 20.3 Å². The molecule has 10 nitrogen and oxygen atoms in total. The topological polar surface area (TPSA) is 148 Å². The van der Waals surface area contributed by atoms with E-state index < -0.39 is 57.8 Å². The number of carbonyl (C=O) groups is 2. The molecule has 1 saturated carbocycles. The summed E-state index contributed by atoms with van der Waals surface area (Å²) in [7, 11) is -0.624. The molecule has 1 aromatic rings. The minimum absolute atomic E-state index is 0.139. The lowest BCUT2D eigenvalue weighted by Crippen LogP contribution is -2.56. The Balaban J connectivity index is 2.26. The fraction of sp³-hybridized carbons (Fsp3) is 0.636. The summed E-state index contributed by atoms with van der Waals surface area (Å²) in [6, 6.07) is 7.12. The normalized spacial score (nSPS) is 17.4. The van der Waals surface area contributed by atoms with Crippen LogP contribution in [0, 0.1) is 36.5 Å². The number of hydrogen-bond acceptors (Lipinski definition) is 7. The molecule has 0 bridgehead atoms. The average Bonchev–Trinajstić information content (AvgIpc) is 3.01. The number of terminal acetylenes is 2. The van der Waals surface area contributed by atoms with Gasteiger partial charge < -0.3 is 26.2 Å². The second kappa shape index (κ2) is 19.5. The van der Waals surface area contributed by atoms with Crippen molar-refractivity contribution in [3.05, 3.63) is 35.9 Å². The maximum absolute atomic E-state index is 13.7. The van der Waals surface area contributed by atoms with Crippen LogP contribution in [0.2, 0.25) is 0 Å². The lowest BCUT2D eigenvalue weighted by molar-refractivity contribution is -0.132. The van der Waals surface area contributed by atoms with Crippen molar-refractivity contribution in [2.45, 2.75) is 88.5 Å². The summed E-state index contributed by atoms with van der Waals surface area (Å²) < 4.78 is 27.6. The zero-order chi connectivity index (χ0) is 32.5. The molecular formula is C33H50N4O6S. The predicted molar refractivity (Wildman–Crippen MR) is 173 cm³/mol. The molecule has 0 heterocycles. The van der Waals surface area contributed by atoms with E-state index in [0.717, 1.165) is 37.7 Å². The molecule has 0 spiro atoms. The van der Waals surface area contributed by atoms with Crippen molar-refractivity contribution in [2.75, 3.05) is 32.9 Å². The zero-order valence-electron chi connectivity index (χ0n) is 26.1. The number of aliphatic hydroxyl groups is 2. The molecule has 1 aromatic carbocycles. The van der Waals surface area contributed by atoms with E-state index in [1.807, 2.05) is 30.3 Å². The SMILES string of the molecule is C#CCC[C@H](O)[C@H](O)[C@H](CC1CCCCC1)NC(=O)[C@H](CC#C)NC(=O)[C@H](Cc1ccccc1)CS(=O)(=O)N(C)CCNC. The van der Waals surface area contributed by atoms with Crippen LogP contribution in [0.4, 0.5) is 0 Å². The molecule has 2 amide bonds. The third-order valence-electron chi connectivity index (χ3n) is 8.24. The molecular weight excluding hydrogens is 580 g/mol. The molecule has 0 aromatic heterocycles. The summed E-state index contributed by atoms with van der Waals surface area (Å²) in [5.41, 5.74) is 0.773. The first-order valence-electron chi connectivity index (χ1n) is 15.5. The summed E-state index contributed by atoms with van der Waals surface area (Å²) in [5, 5.41) is 30.1. The van der Waals surface area contributed by atoms with Gasteiger partial charge in [0, 0.05) is 33.0 Å². The molecule has 11 heteroatoms. The van der Waals surface area contributed by atoms with Crippen LogP contribution in [0.1, 0.15) is 63.4 Å². The summed E-state index contributed by atoms with van der Waals surface area (Å²) in [6.07, 6.45) is 14.6. The first-order chi connectivity index (χ1) is 21.0. The summed E-state index contributed by atoms with van der Waals surface area (Å²) >= 11 is 0. The number of nitrogens with zero attached hydrogens (tertiary/aromatic N) is 1. The van der Waals surface area contributed by atoms with Gasteiger partial charge in [-0.15, -0.1) is 24.7 Å². The van der Waals surface area contributed by atoms with Crippen molar-refractivity contribution < 1.29 is 28.2 Å². The van der Waals surface area contributed by atoms with Gasteiger partial charge in [0.25, 0.3) is 0 Å². The number of amides is 2. The Hall–Kier alpha value is -2.93. The molecule has 0 radical (unpaired) electrons. The second-order valence-electron chi connectivity index (χ2n) is 11.7. The number of carbonyl (C=O) groups excluding carboxylic acids is 2. The van der Waals surface area contributed by atoms with Crippen LogP contribution in [-0.2, 0) is 26.0 Å². The number of hydrogen-bond donors (Lipinski definition) is 5. The fourth-order valence-corrected chi connectivity index (χ4v) is 6.95. The van der Waals surface area contributed by atoms with E-state index >= 15 is 0 Å². The summed E-state index contributed by atoms with van der Waals surface area (Å²) in [5.74, 6) is 2.47. The van der Waals surface area contributed by atoms with E-state index in [4.69, 9.17) is 12.8 Å². The smallest absolute Gasteiger partial charge is 0.243 e. The minimum Gasteiger partial charge on any atom is -0.390 e. The third-order valence-corrected chi connectivity index (χ3v) is 10.2. The van der Waals surface area contributed by atoms with Crippen molar-refractivity contribution in [3.8, 4) is 24.7 Å². The summed E-state index contributed by atoms with van der Waals surface area (Å²) in [4.78, 5) is 27.2. The van der Waals surface area contributed by atoms with Gasteiger partial charge in [-0.2, -0.15) is 0 Å². The molecule has 0 saturated heterocycles. The van der Waals surface area contributed by atoms with Gasteiger partial charge in [0.15, 0.2) is 0 Å². The van der Waals surface area contributed by atoms with E-state index in [9.17, 15) is 28.2 Å². The van der Waals surface area contributed by atoms with Gasteiger partial charge in [0.2, 0.25) is 21.8 Å². The van der Waals surface area contributed by atoms with Crippen molar-refractivity contribution in [3.63, 3.8) is 0 Å². The maximum atomic E-state index is 13.7. The predicted octanol–water partition coefficient (Wildman–Crippen LogP) is 1.42. The number of benzene rings is 1. The number of aliphatic hydroxyl groups excluding tert-OH is 2. The Kier molecular flexibility index (Phi) is 16.5. The molecule has 2 rings (SSSR count). The third kappa shape index (κ3) is 12.6. The number of rotatable bonds is 19. The van der Waals surface area contributed by atoms with Crippen LogP contribution in [0.3, 0.4) is 0 Å². The Bertz CT molecular complexity index is 1210. The van der Waals surface area contributed by atoms with E-state index in [2.05, 4.69) is 27.8 Å². The molecule has 0 aliphatic heterocycles. The average molecular weight is 631 g/mol. The van der Waals surface area contributed by atoms with Crippen LogP contribution in [-0.4, -0.2) is 92.0 Å². The largest absolute Gasteiger partial charge is 0.390 e. The standard InChI is InChI=1S/C33H50N4O6S/c1-5-7-19-30(38)31(39)29(23-26-17-12-9-13-18-26)36-33(41)28(14-6-2)35-32(40)27(22-25-15-10-8-11-16-25)24-44(42,43)37(4)21-20-34-3/h1-2,8,10-11,15-16,26-31,34,38-39H,7,9,12-14,17-24H2,3-4H3,(H,35,40)(H,36,41)/t27-,28+,29+,30+,31-/m1/s1. The first-order valence-corrected chi connectivity index (χ1v) is 17.1. The van der Waals surface area contributed by atoms with Crippen molar-refractivity contribution >= 4 is 21.8 Å². The van der Waals surface area contributed by atoms with Gasteiger partial charge in [-0.3, -0.25) is 9.59 Å². The van der Waals surface area contributed by atoms with Crippen LogP contribution in [0.5, 0.6) is 0 Å². The van der Waals surface area contributed by atoms with E-state index in [0.29, 0.717) is 13.0 Å². The van der Waals surface area contributed by atoms with Crippen molar-refractivity contribution in [1.29, 1.82) is 0 Å². The Morgan fingerprint density at radius 1 is 1.05 bits per heavy atom. The molecule has 1 fully saturated rings. The van der Waals surface area contributed by atoms with Gasteiger partial charge in [-0.25, -0.2) is 12.7 Å². The van der Waals surface area contributed by atoms with Crippen LogP contribution >= 0.6 is 0 Å². The van der Waals surface area contributed by atoms with Gasteiger partial charge in [-0.05, 0) is 37.8 Å². The van der Waals surface area contributed by atoms with Crippen molar-refractivity contribution in [2.24, 2.45) is 11.8 Å². The fourth-order valence-electron chi connectivity index (χ4n) is 5.55.